The summed E-state index contributed by atoms with van der Waals surface area (Å²) in [5.74, 6) is 5.48. The van der Waals surface area contributed by atoms with E-state index in [1.807, 2.05) is 0 Å². The molecule has 0 saturated heterocycles. The zero-order valence-corrected chi connectivity index (χ0v) is 20.6. The van der Waals surface area contributed by atoms with Crippen LogP contribution in [0.4, 0.5) is 0 Å². The van der Waals surface area contributed by atoms with Gasteiger partial charge in [0.25, 0.3) is 0 Å². The Hall–Kier alpha value is -0.850. The van der Waals surface area contributed by atoms with E-state index in [1.54, 1.807) is 5.57 Å². The van der Waals surface area contributed by atoms with Gasteiger partial charge in [-0.2, -0.15) is 0 Å². The quantitative estimate of drug-likeness (QED) is 0.418. The van der Waals surface area contributed by atoms with Gasteiger partial charge in [0.1, 0.15) is 0 Å². The van der Waals surface area contributed by atoms with Crippen molar-refractivity contribution in [3.63, 3.8) is 0 Å². The van der Waals surface area contributed by atoms with Gasteiger partial charge < -0.3 is 0 Å². The molecule has 4 aliphatic carbocycles. The molecule has 0 aromatic carbocycles. The summed E-state index contributed by atoms with van der Waals surface area (Å²) in [6, 6.07) is 0. The highest BCUT2D eigenvalue weighted by molar-refractivity contribution is 5.91. The molecule has 0 spiro atoms. The molecule has 1 heteroatoms. The molecular weight excluding hydrogens is 364 g/mol. The number of hydrogen-bond acceptors (Lipinski definition) is 1. The molecule has 168 valence electrons. The molecule has 3 saturated carbocycles. The molecule has 0 amide bonds. The third-order valence-corrected chi connectivity index (χ3v) is 10.7. The topological polar surface area (TPSA) is 17.1 Å². The highest BCUT2D eigenvalue weighted by Gasteiger charge is 2.59. The summed E-state index contributed by atoms with van der Waals surface area (Å²) in [5.41, 5.74) is 4.03. The van der Waals surface area contributed by atoms with Gasteiger partial charge in [-0.15, -0.1) is 0 Å². The Morgan fingerprint density at radius 2 is 1.83 bits per heavy atom. The summed E-state index contributed by atoms with van der Waals surface area (Å²) >= 11 is 0. The first-order valence-corrected chi connectivity index (χ1v) is 13.1. The van der Waals surface area contributed by atoms with Gasteiger partial charge >= 0.3 is 0 Å². The SMILES string of the molecule is CC=C(CCC(C)C1CCC2C3CCC4=CC(=O)CCC4(C)C3CCC12C)C(C)C. The molecule has 7 atom stereocenters. The van der Waals surface area contributed by atoms with E-state index in [0.717, 1.165) is 42.4 Å². The number of hydrogen-bond donors (Lipinski definition) is 0. The van der Waals surface area contributed by atoms with E-state index in [9.17, 15) is 4.79 Å². The molecule has 30 heavy (non-hydrogen) atoms. The first kappa shape index (κ1) is 22.3. The van der Waals surface area contributed by atoms with E-state index >= 15 is 0 Å². The van der Waals surface area contributed by atoms with Crippen molar-refractivity contribution in [3.05, 3.63) is 23.3 Å². The van der Waals surface area contributed by atoms with Crippen LogP contribution in [0.25, 0.3) is 0 Å². The second-order valence-corrected chi connectivity index (χ2v) is 12.2. The monoisotopic (exact) mass is 410 g/mol. The van der Waals surface area contributed by atoms with E-state index in [2.05, 4.69) is 53.7 Å². The number of carbonyl (C=O) groups excluding carboxylic acids is 1. The Kier molecular flexibility index (Phi) is 6.15. The Bertz CT molecular complexity index is 727. The largest absolute Gasteiger partial charge is 0.295 e. The lowest BCUT2D eigenvalue weighted by molar-refractivity contribution is -0.117. The fourth-order valence-corrected chi connectivity index (χ4v) is 8.90. The van der Waals surface area contributed by atoms with Crippen molar-refractivity contribution < 1.29 is 4.79 Å². The van der Waals surface area contributed by atoms with Crippen LogP contribution in [0, 0.1) is 46.3 Å². The summed E-state index contributed by atoms with van der Waals surface area (Å²) in [6.45, 7) is 14.7. The standard InChI is InChI=1S/C29H46O/c1-7-21(19(2)3)9-8-20(4)25-12-13-26-24-11-10-22-18-23(30)14-16-28(22,5)27(24)15-17-29(25,26)6/h7,18-20,24-27H,8-17H2,1-6H3. The van der Waals surface area contributed by atoms with Crippen molar-refractivity contribution in [2.75, 3.05) is 0 Å². The second-order valence-electron chi connectivity index (χ2n) is 12.2. The zero-order valence-electron chi connectivity index (χ0n) is 20.6. The van der Waals surface area contributed by atoms with Crippen LogP contribution in [0.15, 0.2) is 23.3 Å². The Balaban J connectivity index is 1.49. The molecule has 3 fully saturated rings. The molecular formula is C29H46O. The fraction of sp³-hybridized carbons (Fsp3) is 0.828. The molecule has 0 bridgehead atoms. The van der Waals surface area contributed by atoms with Crippen LogP contribution in [0.1, 0.15) is 106 Å². The zero-order chi connectivity index (χ0) is 21.7. The lowest BCUT2D eigenvalue weighted by Gasteiger charge is -2.58. The van der Waals surface area contributed by atoms with Crippen LogP contribution in [-0.2, 0) is 4.79 Å². The lowest BCUT2D eigenvalue weighted by atomic mass is 9.46. The van der Waals surface area contributed by atoms with E-state index in [-0.39, 0.29) is 0 Å². The number of rotatable bonds is 5. The molecule has 0 radical (unpaired) electrons. The van der Waals surface area contributed by atoms with Crippen LogP contribution >= 0.6 is 0 Å². The maximum absolute atomic E-state index is 12.1. The van der Waals surface area contributed by atoms with E-state index in [0.29, 0.717) is 22.5 Å². The summed E-state index contributed by atoms with van der Waals surface area (Å²) in [7, 11) is 0. The van der Waals surface area contributed by atoms with Crippen LogP contribution in [0.2, 0.25) is 0 Å². The van der Waals surface area contributed by atoms with Crippen molar-refractivity contribution >= 4 is 5.78 Å². The maximum atomic E-state index is 12.1. The molecule has 7 unspecified atom stereocenters. The lowest BCUT2D eigenvalue weighted by Crippen LogP contribution is -2.50. The smallest absolute Gasteiger partial charge is 0.155 e. The minimum atomic E-state index is 0.319. The van der Waals surface area contributed by atoms with Crippen molar-refractivity contribution in [2.45, 2.75) is 106 Å². The predicted octanol–water partition coefficient (Wildman–Crippen LogP) is 8.15. The summed E-state index contributed by atoms with van der Waals surface area (Å²) in [6.07, 6.45) is 17.2. The van der Waals surface area contributed by atoms with Crippen LogP contribution in [0.5, 0.6) is 0 Å². The van der Waals surface area contributed by atoms with Gasteiger partial charge in [0.2, 0.25) is 0 Å². The number of carbonyl (C=O) groups is 1. The molecule has 4 rings (SSSR count). The van der Waals surface area contributed by atoms with E-state index in [1.165, 1.54) is 56.9 Å². The molecule has 0 aromatic rings. The summed E-state index contributed by atoms with van der Waals surface area (Å²) in [4.78, 5) is 12.1. The minimum Gasteiger partial charge on any atom is -0.295 e. The van der Waals surface area contributed by atoms with Gasteiger partial charge in [-0.1, -0.05) is 51.8 Å². The van der Waals surface area contributed by atoms with Gasteiger partial charge in [0, 0.05) is 6.42 Å². The summed E-state index contributed by atoms with van der Waals surface area (Å²) in [5, 5.41) is 0. The Labute approximate surface area is 186 Å². The van der Waals surface area contributed by atoms with Crippen molar-refractivity contribution in [3.8, 4) is 0 Å². The highest BCUT2D eigenvalue weighted by atomic mass is 16.1. The number of allylic oxidation sites excluding steroid dienone is 3. The predicted molar refractivity (Wildman–Crippen MR) is 127 cm³/mol. The van der Waals surface area contributed by atoms with Gasteiger partial charge in [-0.05, 0) is 117 Å². The normalized spacial score (nSPS) is 42.4. The first-order chi connectivity index (χ1) is 14.2. The average Bonchev–Trinajstić information content (AvgIpc) is 3.06. The molecule has 0 heterocycles. The average molecular weight is 411 g/mol. The van der Waals surface area contributed by atoms with Gasteiger partial charge in [-0.25, -0.2) is 0 Å². The number of fused-ring (bicyclic) bond motifs is 5. The van der Waals surface area contributed by atoms with Gasteiger partial charge in [0.15, 0.2) is 5.78 Å². The Morgan fingerprint density at radius 3 is 2.53 bits per heavy atom. The molecule has 0 N–H and O–H groups in total. The second kappa shape index (κ2) is 8.25. The first-order valence-electron chi connectivity index (χ1n) is 13.1. The van der Waals surface area contributed by atoms with E-state index in [4.69, 9.17) is 0 Å². The van der Waals surface area contributed by atoms with Crippen molar-refractivity contribution in [1.82, 2.24) is 0 Å². The highest BCUT2D eigenvalue weighted by Crippen LogP contribution is 2.67. The third-order valence-electron chi connectivity index (χ3n) is 10.7. The third kappa shape index (κ3) is 3.57. The van der Waals surface area contributed by atoms with Crippen molar-refractivity contribution in [1.29, 1.82) is 0 Å². The number of ketones is 1. The van der Waals surface area contributed by atoms with E-state index < -0.39 is 0 Å². The summed E-state index contributed by atoms with van der Waals surface area (Å²) < 4.78 is 0. The van der Waals surface area contributed by atoms with Crippen molar-refractivity contribution in [2.24, 2.45) is 46.3 Å². The van der Waals surface area contributed by atoms with Crippen LogP contribution < -0.4 is 0 Å². The molecule has 0 aromatic heterocycles. The Morgan fingerprint density at radius 1 is 1.07 bits per heavy atom. The molecule has 1 nitrogen and oxygen atoms in total. The van der Waals surface area contributed by atoms with Gasteiger partial charge in [0.05, 0.1) is 0 Å². The van der Waals surface area contributed by atoms with Crippen LogP contribution in [0.3, 0.4) is 0 Å². The van der Waals surface area contributed by atoms with Gasteiger partial charge in [-0.3, -0.25) is 4.79 Å². The maximum Gasteiger partial charge on any atom is 0.155 e. The fourth-order valence-electron chi connectivity index (χ4n) is 8.90. The minimum absolute atomic E-state index is 0.319. The molecule has 0 aliphatic heterocycles. The van der Waals surface area contributed by atoms with Crippen LogP contribution in [-0.4, -0.2) is 5.78 Å². The molecule has 4 aliphatic rings.